The summed E-state index contributed by atoms with van der Waals surface area (Å²) in [6.07, 6.45) is 0. The number of nitrogens with one attached hydrogen (secondary N) is 1. The molecule has 1 aromatic heterocycles. The molecule has 8 heteroatoms. The van der Waals surface area contributed by atoms with Crippen molar-refractivity contribution >= 4 is 34.3 Å². The Morgan fingerprint density at radius 1 is 0.800 bits per heavy atom. The summed E-state index contributed by atoms with van der Waals surface area (Å²) in [7, 11) is 2.39. The van der Waals surface area contributed by atoms with Crippen molar-refractivity contribution in [2.75, 3.05) is 19.5 Å². The Kier molecular flexibility index (Phi) is 6.46. The number of aryl methyl sites for hydroxylation is 1. The fourth-order valence-electron chi connectivity index (χ4n) is 3.73. The number of esters is 2. The molecule has 176 valence electrons. The quantitative estimate of drug-likeness (QED) is 0.424. The molecular formula is C27H21NO7. The zero-order valence-corrected chi connectivity index (χ0v) is 19.2. The molecule has 0 saturated heterocycles. The monoisotopic (exact) mass is 471 g/mol. The van der Waals surface area contributed by atoms with Gasteiger partial charge in [-0.25, -0.2) is 14.4 Å². The Morgan fingerprint density at radius 3 is 1.94 bits per heavy atom. The fraction of sp³-hybridized carbons (Fsp3) is 0.111. The second-order valence-corrected chi connectivity index (χ2v) is 7.74. The number of amides is 1. The van der Waals surface area contributed by atoms with Crippen molar-refractivity contribution in [3.63, 3.8) is 0 Å². The van der Waals surface area contributed by atoms with E-state index in [1.165, 1.54) is 32.4 Å². The molecule has 35 heavy (non-hydrogen) atoms. The number of rotatable bonds is 5. The van der Waals surface area contributed by atoms with Crippen LogP contribution in [0, 0.1) is 6.92 Å². The first-order valence-electron chi connectivity index (χ1n) is 10.6. The molecule has 1 N–H and O–H groups in total. The van der Waals surface area contributed by atoms with Crippen molar-refractivity contribution in [1.82, 2.24) is 0 Å². The van der Waals surface area contributed by atoms with E-state index in [4.69, 9.17) is 13.9 Å². The average molecular weight is 471 g/mol. The minimum atomic E-state index is -0.735. The first-order chi connectivity index (χ1) is 16.8. The lowest BCUT2D eigenvalue weighted by Crippen LogP contribution is -2.18. The van der Waals surface area contributed by atoms with E-state index in [1.54, 1.807) is 24.3 Å². The topological polar surface area (TPSA) is 112 Å². The summed E-state index contributed by atoms with van der Waals surface area (Å²) >= 11 is 0. The molecule has 0 spiro atoms. The Morgan fingerprint density at radius 2 is 1.37 bits per heavy atom. The van der Waals surface area contributed by atoms with E-state index in [0.29, 0.717) is 21.9 Å². The lowest BCUT2D eigenvalue weighted by molar-refractivity contribution is 0.0599. The SMILES string of the molecule is COC(=O)c1cc(NC(=O)c2oc(=O)c3ccccc3c2-c2ccc(C)cc2)cc(C(=O)OC)c1. The number of fused-ring (bicyclic) bond motifs is 1. The van der Waals surface area contributed by atoms with Crippen LogP contribution < -0.4 is 10.9 Å². The van der Waals surface area contributed by atoms with Gasteiger partial charge in [0.1, 0.15) is 0 Å². The molecule has 1 amide bonds. The summed E-state index contributed by atoms with van der Waals surface area (Å²) in [5.41, 5.74) is 1.66. The number of carbonyl (C=O) groups is 3. The van der Waals surface area contributed by atoms with Crippen molar-refractivity contribution in [1.29, 1.82) is 0 Å². The highest BCUT2D eigenvalue weighted by Crippen LogP contribution is 2.31. The van der Waals surface area contributed by atoms with Gasteiger partial charge in [0.05, 0.1) is 30.7 Å². The fourth-order valence-corrected chi connectivity index (χ4v) is 3.73. The Balaban J connectivity index is 1.86. The number of hydrogen-bond donors (Lipinski definition) is 1. The molecule has 0 fully saturated rings. The van der Waals surface area contributed by atoms with Gasteiger partial charge >= 0.3 is 17.6 Å². The molecule has 0 bridgehead atoms. The predicted molar refractivity (Wildman–Crippen MR) is 130 cm³/mol. The Hall–Kier alpha value is -4.72. The first-order valence-corrected chi connectivity index (χ1v) is 10.6. The van der Waals surface area contributed by atoms with Gasteiger partial charge in [0.25, 0.3) is 5.91 Å². The van der Waals surface area contributed by atoms with Crippen LogP contribution in [0.1, 0.15) is 36.8 Å². The normalized spacial score (nSPS) is 10.6. The van der Waals surface area contributed by atoms with Gasteiger partial charge in [-0.1, -0.05) is 48.0 Å². The third-order valence-corrected chi connectivity index (χ3v) is 5.42. The second-order valence-electron chi connectivity index (χ2n) is 7.74. The van der Waals surface area contributed by atoms with E-state index < -0.39 is 23.5 Å². The van der Waals surface area contributed by atoms with Gasteiger partial charge in [-0.05, 0) is 36.8 Å². The first kappa shape index (κ1) is 23.4. The largest absolute Gasteiger partial charge is 0.465 e. The third kappa shape index (κ3) is 4.67. The summed E-state index contributed by atoms with van der Waals surface area (Å²) in [5, 5.41) is 3.51. The molecular weight excluding hydrogens is 450 g/mol. The van der Waals surface area contributed by atoms with E-state index in [2.05, 4.69) is 5.32 Å². The highest BCUT2D eigenvalue weighted by molar-refractivity contribution is 6.12. The predicted octanol–water partition coefficient (Wildman–Crippen LogP) is 4.59. The molecule has 4 rings (SSSR count). The molecule has 0 saturated carbocycles. The average Bonchev–Trinajstić information content (AvgIpc) is 2.88. The highest BCUT2D eigenvalue weighted by atomic mass is 16.5. The molecule has 1 heterocycles. The molecule has 0 atom stereocenters. The Labute approximate surface area is 200 Å². The van der Waals surface area contributed by atoms with Gasteiger partial charge in [0.15, 0.2) is 0 Å². The van der Waals surface area contributed by atoms with E-state index in [-0.39, 0.29) is 22.6 Å². The van der Waals surface area contributed by atoms with E-state index in [1.807, 2.05) is 31.2 Å². The van der Waals surface area contributed by atoms with Crippen LogP contribution in [0.2, 0.25) is 0 Å². The van der Waals surface area contributed by atoms with Crippen LogP contribution in [0.5, 0.6) is 0 Å². The number of ether oxygens (including phenoxy) is 2. The summed E-state index contributed by atoms with van der Waals surface area (Å²) in [5.74, 6) is -2.35. The van der Waals surface area contributed by atoms with Crippen molar-refractivity contribution < 1.29 is 28.3 Å². The highest BCUT2D eigenvalue weighted by Gasteiger charge is 2.23. The number of methoxy groups -OCH3 is 2. The van der Waals surface area contributed by atoms with Gasteiger partial charge in [0, 0.05) is 16.6 Å². The number of anilines is 1. The minimum absolute atomic E-state index is 0.0319. The Bertz CT molecular complexity index is 1480. The molecule has 0 aliphatic carbocycles. The summed E-state index contributed by atoms with van der Waals surface area (Å²) in [4.78, 5) is 50.3. The summed E-state index contributed by atoms with van der Waals surface area (Å²) in [6, 6.07) is 18.3. The maximum Gasteiger partial charge on any atom is 0.344 e. The summed E-state index contributed by atoms with van der Waals surface area (Å²) < 4.78 is 15.0. The van der Waals surface area contributed by atoms with Crippen LogP contribution in [-0.4, -0.2) is 32.1 Å². The van der Waals surface area contributed by atoms with Crippen LogP contribution in [0.4, 0.5) is 5.69 Å². The van der Waals surface area contributed by atoms with E-state index in [9.17, 15) is 19.2 Å². The minimum Gasteiger partial charge on any atom is -0.465 e. The lowest BCUT2D eigenvalue weighted by Gasteiger charge is -2.13. The molecule has 4 aromatic rings. The number of hydrogen-bond acceptors (Lipinski definition) is 7. The van der Waals surface area contributed by atoms with Crippen molar-refractivity contribution in [3.05, 3.63) is 99.6 Å². The van der Waals surface area contributed by atoms with Gasteiger partial charge in [-0.15, -0.1) is 0 Å². The van der Waals surface area contributed by atoms with E-state index in [0.717, 1.165) is 5.56 Å². The molecule has 0 aliphatic heterocycles. The van der Waals surface area contributed by atoms with Crippen LogP contribution in [0.15, 0.2) is 75.9 Å². The maximum absolute atomic E-state index is 13.4. The van der Waals surface area contributed by atoms with Crippen LogP contribution in [-0.2, 0) is 9.47 Å². The van der Waals surface area contributed by atoms with Crippen LogP contribution >= 0.6 is 0 Å². The third-order valence-electron chi connectivity index (χ3n) is 5.42. The van der Waals surface area contributed by atoms with Gasteiger partial charge in [-0.2, -0.15) is 0 Å². The van der Waals surface area contributed by atoms with Crippen LogP contribution in [0.25, 0.3) is 21.9 Å². The second kappa shape index (κ2) is 9.64. The molecule has 0 aliphatic rings. The van der Waals surface area contributed by atoms with Crippen molar-refractivity contribution in [2.24, 2.45) is 0 Å². The molecule has 0 unspecified atom stereocenters. The van der Waals surface area contributed by atoms with Gasteiger partial charge in [-0.3, -0.25) is 4.79 Å². The van der Waals surface area contributed by atoms with E-state index >= 15 is 0 Å². The number of carbonyl (C=O) groups excluding carboxylic acids is 3. The zero-order valence-electron chi connectivity index (χ0n) is 19.2. The smallest absolute Gasteiger partial charge is 0.344 e. The number of benzene rings is 3. The molecule has 8 nitrogen and oxygen atoms in total. The molecule has 0 radical (unpaired) electrons. The zero-order chi connectivity index (χ0) is 25.1. The molecule has 3 aromatic carbocycles. The summed E-state index contributed by atoms with van der Waals surface area (Å²) in [6.45, 7) is 1.94. The standard InChI is InChI=1S/C27H21NO7/c1-15-8-10-16(11-9-15)22-20-6-4-5-7-21(20)27(32)35-23(22)24(29)28-19-13-17(25(30)33-2)12-18(14-19)26(31)34-3/h4-14H,1-3H3,(H,28,29). The van der Waals surface area contributed by atoms with Crippen LogP contribution in [0.3, 0.4) is 0 Å². The van der Waals surface area contributed by atoms with Gasteiger partial charge in [0.2, 0.25) is 5.76 Å². The lowest BCUT2D eigenvalue weighted by atomic mass is 9.97. The maximum atomic E-state index is 13.4. The van der Waals surface area contributed by atoms with Crippen molar-refractivity contribution in [3.8, 4) is 11.1 Å². The van der Waals surface area contributed by atoms with Crippen molar-refractivity contribution in [2.45, 2.75) is 6.92 Å². The van der Waals surface area contributed by atoms with Gasteiger partial charge < -0.3 is 19.2 Å².